The number of hydrogen-bond donors (Lipinski definition) is 1. The second-order valence-electron chi connectivity index (χ2n) is 5.38. The fraction of sp³-hybridized carbons (Fsp3) is 0.278. The van der Waals surface area contributed by atoms with Gasteiger partial charge in [-0.1, -0.05) is 49.4 Å². The third-order valence-electron chi connectivity index (χ3n) is 3.99. The molecule has 0 saturated heterocycles. The zero-order valence-electron chi connectivity index (χ0n) is 12.5. The molecule has 0 aliphatic rings. The lowest BCUT2D eigenvalue weighted by Crippen LogP contribution is -2.08. The molecule has 1 heterocycles. The Morgan fingerprint density at radius 3 is 2.71 bits per heavy atom. The van der Waals surface area contributed by atoms with Crippen LogP contribution in [0, 0.1) is 0 Å². The Labute approximate surface area is 124 Å². The summed E-state index contributed by atoms with van der Waals surface area (Å²) in [5, 5.41) is 13.0. The lowest BCUT2D eigenvalue weighted by Gasteiger charge is -2.15. The van der Waals surface area contributed by atoms with Crippen molar-refractivity contribution < 1.29 is 5.11 Å². The van der Waals surface area contributed by atoms with E-state index in [-0.39, 0.29) is 0 Å². The number of nitrogens with zero attached hydrogens (tertiary/aromatic N) is 2. The molecule has 1 aromatic heterocycles. The summed E-state index contributed by atoms with van der Waals surface area (Å²) in [4.78, 5) is 4.44. The molecule has 0 unspecified atom stereocenters. The first-order valence-electron chi connectivity index (χ1n) is 7.38. The molecule has 21 heavy (non-hydrogen) atoms. The summed E-state index contributed by atoms with van der Waals surface area (Å²) < 4.78 is 2.01. The van der Waals surface area contributed by atoms with Gasteiger partial charge >= 0.3 is 0 Å². The van der Waals surface area contributed by atoms with Crippen molar-refractivity contribution in [2.75, 3.05) is 0 Å². The molecule has 108 valence electrons. The lowest BCUT2D eigenvalue weighted by molar-refractivity contribution is 0.212. The van der Waals surface area contributed by atoms with Gasteiger partial charge in [-0.2, -0.15) is 0 Å². The molecular weight excluding hydrogens is 260 g/mol. The van der Waals surface area contributed by atoms with Crippen LogP contribution in [0.25, 0.3) is 10.8 Å². The first-order valence-corrected chi connectivity index (χ1v) is 7.38. The smallest absolute Gasteiger partial charge is 0.121 e. The van der Waals surface area contributed by atoms with E-state index in [0.29, 0.717) is 0 Å². The van der Waals surface area contributed by atoms with Gasteiger partial charge in [0.2, 0.25) is 0 Å². The van der Waals surface area contributed by atoms with E-state index in [0.717, 1.165) is 40.7 Å². The highest BCUT2D eigenvalue weighted by Gasteiger charge is 2.18. The minimum Gasteiger partial charge on any atom is -0.382 e. The van der Waals surface area contributed by atoms with Crippen molar-refractivity contribution in [3.05, 3.63) is 65.7 Å². The SMILES string of the molecule is CCCc1ncc([C@H](O)c2cccc3ccccc23)n1C. The third-order valence-corrected chi connectivity index (χ3v) is 3.99. The van der Waals surface area contributed by atoms with Crippen LogP contribution in [0.4, 0.5) is 0 Å². The van der Waals surface area contributed by atoms with Gasteiger partial charge in [0, 0.05) is 13.5 Å². The van der Waals surface area contributed by atoms with Crippen LogP contribution in [0.5, 0.6) is 0 Å². The maximum Gasteiger partial charge on any atom is 0.121 e. The van der Waals surface area contributed by atoms with Crippen molar-refractivity contribution in [3.63, 3.8) is 0 Å². The van der Waals surface area contributed by atoms with Gasteiger partial charge < -0.3 is 9.67 Å². The third kappa shape index (κ3) is 2.45. The standard InChI is InChI=1S/C18H20N2O/c1-3-7-17-19-12-16(20(17)2)18(21)15-11-6-9-13-8-4-5-10-14(13)15/h4-6,8-12,18,21H,3,7H2,1-2H3/t18-/m1/s1. The summed E-state index contributed by atoms with van der Waals surface area (Å²) >= 11 is 0. The van der Waals surface area contributed by atoms with Gasteiger partial charge in [0.25, 0.3) is 0 Å². The van der Waals surface area contributed by atoms with Gasteiger partial charge in [0.15, 0.2) is 0 Å². The predicted octanol–water partition coefficient (Wildman–Crippen LogP) is 3.61. The summed E-state index contributed by atoms with van der Waals surface area (Å²) in [5.74, 6) is 1.02. The molecular formula is C18H20N2O. The normalized spacial score (nSPS) is 12.7. The van der Waals surface area contributed by atoms with Crippen molar-refractivity contribution in [2.45, 2.75) is 25.9 Å². The van der Waals surface area contributed by atoms with Gasteiger partial charge in [-0.3, -0.25) is 0 Å². The van der Waals surface area contributed by atoms with Crippen LogP contribution in [-0.4, -0.2) is 14.7 Å². The number of aliphatic hydroxyl groups excluding tert-OH is 1. The van der Waals surface area contributed by atoms with Gasteiger partial charge in [0.05, 0.1) is 11.9 Å². The average molecular weight is 280 g/mol. The summed E-state index contributed by atoms with van der Waals surface area (Å²) in [6.07, 6.45) is 3.12. The van der Waals surface area contributed by atoms with Crippen LogP contribution in [-0.2, 0) is 13.5 Å². The number of hydrogen-bond acceptors (Lipinski definition) is 2. The number of aromatic nitrogens is 2. The van der Waals surface area contributed by atoms with E-state index in [1.54, 1.807) is 6.20 Å². The number of aliphatic hydroxyl groups is 1. The summed E-state index contributed by atoms with van der Waals surface area (Å²) in [6.45, 7) is 2.13. The van der Waals surface area contributed by atoms with Gasteiger partial charge in [0.1, 0.15) is 11.9 Å². The summed E-state index contributed by atoms with van der Waals surface area (Å²) in [5.41, 5.74) is 1.77. The molecule has 0 amide bonds. The predicted molar refractivity (Wildman–Crippen MR) is 85.2 cm³/mol. The monoisotopic (exact) mass is 280 g/mol. The quantitative estimate of drug-likeness (QED) is 0.793. The van der Waals surface area contributed by atoms with Crippen LogP contribution in [0.2, 0.25) is 0 Å². The van der Waals surface area contributed by atoms with Crippen molar-refractivity contribution in [2.24, 2.45) is 7.05 Å². The largest absolute Gasteiger partial charge is 0.382 e. The van der Waals surface area contributed by atoms with E-state index in [1.165, 1.54) is 0 Å². The van der Waals surface area contributed by atoms with E-state index in [9.17, 15) is 5.11 Å². The topological polar surface area (TPSA) is 38.1 Å². The molecule has 3 nitrogen and oxygen atoms in total. The van der Waals surface area contributed by atoms with Gasteiger partial charge in [-0.15, -0.1) is 0 Å². The number of benzene rings is 2. The number of aryl methyl sites for hydroxylation is 1. The molecule has 3 aromatic rings. The van der Waals surface area contributed by atoms with E-state index in [4.69, 9.17) is 0 Å². The van der Waals surface area contributed by atoms with E-state index in [1.807, 2.05) is 35.9 Å². The first-order chi connectivity index (χ1) is 10.2. The van der Waals surface area contributed by atoms with Crippen LogP contribution < -0.4 is 0 Å². The van der Waals surface area contributed by atoms with E-state index < -0.39 is 6.10 Å². The van der Waals surface area contributed by atoms with Crippen LogP contribution in [0.1, 0.15) is 36.5 Å². The Kier molecular flexibility index (Phi) is 3.76. The van der Waals surface area contributed by atoms with Crippen molar-refractivity contribution in [1.29, 1.82) is 0 Å². The molecule has 1 N–H and O–H groups in total. The van der Waals surface area contributed by atoms with Crippen molar-refractivity contribution >= 4 is 10.8 Å². The molecule has 3 rings (SSSR count). The van der Waals surface area contributed by atoms with Crippen molar-refractivity contribution in [3.8, 4) is 0 Å². The maximum atomic E-state index is 10.8. The molecule has 0 radical (unpaired) electrons. The van der Waals surface area contributed by atoms with Crippen molar-refractivity contribution in [1.82, 2.24) is 9.55 Å². The Bertz CT molecular complexity index is 756. The molecule has 0 aliphatic carbocycles. The molecule has 0 aliphatic heterocycles. The number of rotatable bonds is 4. The molecule has 3 heteroatoms. The minimum absolute atomic E-state index is 0.654. The summed E-state index contributed by atoms with van der Waals surface area (Å²) in [7, 11) is 1.97. The minimum atomic E-state index is -0.654. The molecule has 0 spiro atoms. The lowest BCUT2D eigenvalue weighted by atomic mass is 9.99. The fourth-order valence-electron chi connectivity index (χ4n) is 2.82. The van der Waals surface area contributed by atoms with E-state index in [2.05, 4.69) is 30.1 Å². The molecule has 0 fully saturated rings. The van der Waals surface area contributed by atoms with Gasteiger partial charge in [-0.05, 0) is 22.8 Å². The highest BCUT2D eigenvalue weighted by molar-refractivity contribution is 5.86. The van der Waals surface area contributed by atoms with Gasteiger partial charge in [-0.25, -0.2) is 4.98 Å². The maximum absolute atomic E-state index is 10.8. The highest BCUT2D eigenvalue weighted by Crippen LogP contribution is 2.29. The average Bonchev–Trinajstić information content (AvgIpc) is 2.88. The first kappa shape index (κ1) is 13.8. The number of imidazole rings is 1. The zero-order valence-corrected chi connectivity index (χ0v) is 12.5. The zero-order chi connectivity index (χ0) is 14.8. The molecule has 0 bridgehead atoms. The van der Waals surface area contributed by atoms with E-state index >= 15 is 0 Å². The Morgan fingerprint density at radius 2 is 1.90 bits per heavy atom. The van der Waals surface area contributed by atoms with Crippen LogP contribution in [0.15, 0.2) is 48.7 Å². The second kappa shape index (κ2) is 5.70. The molecule has 1 atom stereocenters. The molecule has 0 saturated carbocycles. The molecule has 2 aromatic carbocycles. The highest BCUT2D eigenvalue weighted by atomic mass is 16.3. The number of fused-ring (bicyclic) bond motifs is 1. The fourth-order valence-corrected chi connectivity index (χ4v) is 2.82. The second-order valence-corrected chi connectivity index (χ2v) is 5.38. The summed E-state index contributed by atoms with van der Waals surface area (Å²) in [6, 6.07) is 14.2. The Balaban J connectivity index is 2.06. The Hall–Kier alpha value is -2.13. The van der Waals surface area contributed by atoms with Crippen LogP contribution in [0.3, 0.4) is 0 Å². The van der Waals surface area contributed by atoms with Crippen LogP contribution >= 0.6 is 0 Å². The Morgan fingerprint density at radius 1 is 1.14 bits per heavy atom.